The summed E-state index contributed by atoms with van der Waals surface area (Å²) in [5, 5.41) is 9.68. The zero-order valence-electron chi connectivity index (χ0n) is 14.6. The Morgan fingerprint density at radius 1 is 1.15 bits per heavy atom. The molecule has 1 heterocycles. The fourth-order valence-electron chi connectivity index (χ4n) is 2.99. The van der Waals surface area contributed by atoms with E-state index >= 15 is 0 Å². The van der Waals surface area contributed by atoms with E-state index in [9.17, 15) is 10.1 Å². The van der Waals surface area contributed by atoms with Crippen LogP contribution in [0, 0.1) is 17.2 Å². The lowest BCUT2D eigenvalue weighted by Crippen LogP contribution is -2.24. The number of methoxy groups -OCH3 is 1. The van der Waals surface area contributed by atoms with Crippen LogP contribution in [0.3, 0.4) is 0 Å². The maximum atomic E-state index is 12.4. The fourth-order valence-corrected chi connectivity index (χ4v) is 2.99. The van der Waals surface area contributed by atoms with Crippen molar-refractivity contribution >= 4 is 5.97 Å². The molecule has 6 heteroatoms. The Morgan fingerprint density at radius 2 is 1.85 bits per heavy atom. The average molecular weight is 353 g/mol. The standard InChI is InChI=1S/C20H19NO5/c1-3-24-20(22)16(11-21)19(13-4-7-15(23-2)8-5-13)14-6-9-17-18(10-14)26-12-25-17/h4-10,16,19H,3,12H2,1-2H3/t16-,19+/m1/s1. The Balaban J connectivity index is 2.05. The molecule has 2 aromatic rings. The van der Waals surface area contributed by atoms with Gasteiger partial charge in [0.15, 0.2) is 17.4 Å². The van der Waals surface area contributed by atoms with Crippen molar-refractivity contribution in [1.29, 1.82) is 5.26 Å². The van der Waals surface area contributed by atoms with Gasteiger partial charge in [-0.1, -0.05) is 18.2 Å². The number of carbonyl (C=O) groups is 1. The second-order valence-electron chi connectivity index (χ2n) is 5.72. The second kappa shape index (κ2) is 7.79. The minimum atomic E-state index is -0.983. The number of rotatable bonds is 6. The van der Waals surface area contributed by atoms with Crippen LogP contribution in [0.5, 0.6) is 17.2 Å². The molecule has 0 amide bonds. The summed E-state index contributed by atoms with van der Waals surface area (Å²) in [5.74, 6) is -0.0899. The van der Waals surface area contributed by atoms with Crippen LogP contribution in [0.25, 0.3) is 0 Å². The van der Waals surface area contributed by atoms with E-state index in [-0.39, 0.29) is 13.4 Å². The first-order chi connectivity index (χ1) is 12.7. The van der Waals surface area contributed by atoms with Crippen LogP contribution in [0.1, 0.15) is 24.0 Å². The van der Waals surface area contributed by atoms with Gasteiger partial charge in [-0.25, -0.2) is 0 Å². The summed E-state index contributed by atoms with van der Waals surface area (Å²) in [6.07, 6.45) is 0. The maximum absolute atomic E-state index is 12.4. The van der Waals surface area contributed by atoms with Gasteiger partial charge in [-0.05, 0) is 42.3 Å². The molecule has 0 saturated carbocycles. The lowest BCUT2D eigenvalue weighted by molar-refractivity contribution is -0.146. The number of esters is 1. The molecule has 0 spiro atoms. The molecule has 0 saturated heterocycles. The molecule has 26 heavy (non-hydrogen) atoms. The molecule has 0 N–H and O–H groups in total. The van der Waals surface area contributed by atoms with Gasteiger partial charge < -0.3 is 18.9 Å². The van der Waals surface area contributed by atoms with Crippen molar-refractivity contribution in [3.8, 4) is 23.3 Å². The highest BCUT2D eigenvalue weighted by molar-refractivity contribution is 5.77. The molecule has 0 aliphatic carbocycles. The monoisotopic (exact) mass is 353 g/mol. The third-order valence-corrected chi connectivity index (χ3v) is 4.24. The summed E-state index contributed by atoms with van der Waals surface area (Å²) < 4.78 is 21.1. The summed E-state index contributed by atoms with van der Waals surface area (Å²) in [7, 11) is 1.58. The zero-order valence-corrected chi connectivity index (χ0v) is 14.6. The van der Waals surface area contributed by atoms with Gasteiger partial charge in [-0.2, -0.15) is 5.26 Å². The van der Waals surface area contributed by atoms with Crippen molar-refractivity contribution in [2.45, 2.75) is 12.8 Å². The highest BCUT2D eigenvalue weighted by atomic mass is 16.7. The summed E-state index contributed by atoms with van der Waals surface area (Å²) in [6.45, 7) is 2.09. The molecule has 0 fully saturated rings. The SMILES string of the molecule is CCOC(=O)[C@H](C#N)[C@@H](c1ccc(OC)cc1)c1ccc2c(c1)OCO2. The highest BCUT2D eigenvalue weighted by Gasteiger charge is 2.33. The van der Waals surface area contributed by atoms with Crippen LogP contribution < -0.4 is 14.2 Å². The van der Waals surface area contributed by atoms with Crippen molar-refractivity contribution in [3.05, 3.63) is 53.6 Å². The van der Waals surface area contributed by atoms with Crippen LogP contribution in [-0.4, -0.2) is 26.5 Å². The van der Waals surface area contributed by atoms with Crippen molar-refractivity contribution in [1.82, 2.24) is 0 Å². The van der Waals surface area contributed by atoms with E-state index in [0.29, 0.717) is 17.2 Å². The molecule has 0 radical (unpaired) electrons. The van der Waals surface area contributed by atoms with E-state index in [0.717, 1.165) is 11.1 Å². The topological polar surface area (TPSA) is 77.8 Å². The van der Waals surface area contributed by atoms with Gasteiger partial charge in [0.05, 0.1) is 19.8 Å². The van der Waals surface area contributed by atoms with Crippen LogP contribution in [-0.2, 0) is 9.53 Å². The van der Waals surface area contributed by atoms with Crippen molar-refractivity contribution in [2.24, 2.45) is 5.92 Å². The molecule has 134 valence electrons. The number of hydrogen-bond acceptors (Lipinski definition) is 6. The van der Waals surface area contributed by atoms with Crippen molar-refractivity contribution < 1.29 is 23.7 Å². The Hall–Kier alpha value is -3.20. The van der Waals surface area contributed by atoms with Gasteiger partial charge in [0.2, 0.25) is 6.79 Å². The van der Waals surface area contributed by atoms with E-state index in [1.54, 1.807) is 38.3 Å². The second-order valence-corrected chi connectivity index (χ2v) is 5.72. The van der Waals surface area contributed by atoms with E-state index in [1.807, 2.05) is 18.2 Å². The predicted octanol–water partition coefficient (Wildman–Crippen LogP) is 3.26. The molecule has 0 aromatic heterocycles. The molecule has 6 nitrogen and oxygen atoms in total. The van der Waals surface area contributed by atoms with Gasteiger partial charge in [-0.3, -0.25) is 4.79 Å². The number of hydrogen-bond donors (Lipinski definition) is 0. The van der Waals surface area contributed by atoms with Crippen LogP contribution in [0.2, 0.25) is 0 Å². The first-order valence-corrected chi connectivity index (χ1v) is 8.27. The molecule has 1 aliphatic rings. The minimum absolute atomic E-state index is 0.158. The molecule has 2 aromatic carbocycles. The van der Waals surface area contributed by atoms with Crippen LogP contribution >= 0.6 is 0 Å². The van der Waals surface area contributed by atoms with Crippen molar-refractivity contribution in [2.75, 3.05) is 20.5 Å². The number of benzene rings is 2. The molecule has 0 unspecified atom stereocenters. The first-order valence-electron chi connectivity index (χ1n) is 8.27. The lowest BCUT2D eigenvalue weighted by atomic mass is 9.81. The Bertz CT molecular complexity index is 825. The molecule has 3 rings (SSSR count). The van der Waals surface area contributed by atoms with E-state index in [1.165, 1.54) is 0 Å². The van der Waals surface area contributed by atoms with Crippen LogP contribution in [0.4, 0.5) is 0 Å². The maximum Gasteiger partial charge on any atom is 0.324 e. The number of fused-ring (bicyclic) bond motifs is 1. The summed E-state index contributed by atoms with van der Waals surface area (Å²) >= 11 is 0. The predicted molar refractivity (Wildman–Crippen MR) is 93.1 cm³/mol. The normalized spacial score (nSPS) is 14.2. The molecular formula is C20H19NO5. The Morgan fingerprint density at radius 3 is 2.50 bits per heavy atom. The summed E-state index contributed by atoms with van der Waals surface area (Å²) in [4.78, 5) is 12.4. The lowest BCUT2D eigenvalue weighted by Gasteiger charge is -2.22. The van der Waals surface area contributed by atoms with Gasteiger partial charge in [-0.15, -0.1) is 0 Å². The highest BCUT2D eigenvalue weighted by Crippen LogP contribution is 2.39. The number of carbonyl (C=O) groups excluding carboxylic acids is 1. The molecule has 1 aliphatic heterocycles. The van der Waals surface area contributed by atoms with E-state index < -0.39 is 17.8 Å². The quantitative estimate of drug-likeness (QED) is 0.742. The van der Waals surface area contributed by atoms with E-state index in [2.05, 4.69) is 6.07 Å². The average Bonchev–Trinajstić information content (AvgIpc) is 3.14. The largest absolute Gasteiger partial charge is 0.497 e. The molecule has 0 bridgehead atoms. The summed E-state index contributed by atoms with van der Waals surface area (Å²) in [6, 6.07) is 14.8. The fraction of sp³-hybridized carbons (Fsp3) is 0.300. The minimum Gasteiger partial charge on any atom is -0.497 e. The third-order valence-electron chi connectivity index (χ3n) is 4.24. The zero-order chi connectivity index (χ0) is 18.5. The van der Waals surface area contributed by atoms with Gasteiger partial charge >= 0.3 is 5.97 Å². The van der Waals surface area contributed by atoms with Gasteiger partial charge in [0.1, 0.15) is 5.75 Å². The first kappa shape index (κ1) is 17.6. The third kappa shape index (κ3) is 3.42. The van der Waals surface area contributed by atoms with Gasteiger partial charge in [0, 0.05) is 5.92 Å². The van der Waals surface area contributed by atoms with Crippen LogP contribution in [0.15, 0.2) is 42.5 Å². The van der Waals surface area contributed by atoms with Crippen molar-refractivity contribution in [3.63, 3.8) is 0 Å². The number of nitriles is 1. The number of ether oxygens (including phenoxy) is 4. The Labute approximate surface area is 151 Å². The molecule has 2 atom stereocenters. The van der Waals surface area contributed by atoms with Gasteiger partial charge in [0.25, 0.3) is 0 Å². The number of nitrogens with zero attached hydrogens (tertiary/aromatic N) is 1. The van der Waals surface area contributed by atoms with E-state index in [4.69, 9.17) is 18.9 Å². The summed E-state index contributed by atoms with van der Waals surface area (Å²) in [5.41, 5.74) is 1.59. The Kier molecular flexibility index (Phi) is 5.28. The molecular weight excluding hydrogens is 334 g/mol. The smallest absolute Gasteiger partial charge is 0.324 e.